The molecule has 5 rings (SSSR count). The molecular formula is C22H24N10O5S3. The van der Waals surface area contributed by atoms with Crippen molar-refractivity contribution in [3.8, 4) is 0 Å². The number of aliphatic carboxylic acids is 1. The second-order valence-corrected chi connectivity index (χ2v) is 11.6. The standard InChI is InChI=1S/C22H24N10O5S3/c1-2-8-31-22(26-29-30-31)39-10-11-9-38-19-14(18(34)32(19)15(11)20(35)36)24-17(33)13(16-25-21(23)40-28-16)27-37-12-6-4-3-5-7-12/h2,4,6,12,14,19H,1,3,5,7-10H2,(H,24,33)(H,35,36)(H2,23,25,28)/t12?,14?,19-/m0/s1. The van der Waals surface area contributed by atoms with Crippen molar-refractivity contribution in [3.05, 3.63) is 41.9 Å². The maximum absolute atomic E-state index is 13.3. The molecule has 3 aliphatic rings. The fourth-order valence-corrected chi connectivity index (χ4v) is 7.00. The molecular weight excluding hydrogens is 581 g/mol. The number of carboxylic acid groups (broad SMARTS) is 1. The molecule has 4 heterocycles. The first-order valence-electron chi connectivity index (χ1n) is 12.1. The molecule has 0 bridgehead atoms. The van der Waals surface area contributed by atoms with E-state index in [1.807, 2.05) is 12.2 Å². The zero-order chi connectivity index (χ0) is 28.2. The van der Waals surface area contributed by atoms with Gasteiger partial charge in [0.05, 0.1) is 6.54 Å². The van der Waals surface area contributed by atoms with Crippen LogP contribution in [0.1, 0.15) is 25.1 Å². The molecule has 2 aromatic rings. The SMILES string of the molecule is C=CCn1nnnc1SCC1=C(C(=O)O)N2C(=O)C(NC(=O)C(=NOC3C=CCCC3)c3nsc(N)n3)[C@@H]2SC1. The number of aromatic nitrogens is 6. The van der Waals surface area contributed by atoms with Gasteiger partial charge in [0.2, 0.25) is 16.7 Å². The van der Waals surface area contributed by atoms with Crippen molar-refractivity contribution < 1.29 is 24.3 Å². The van der Waals surface area contributed by atoms with E-state index in [0.717, 1.165) is 30.8 Å². The van der Waals surface area contributed by atoms with Crippen LogP contribution in [0.5, 0.6) is 0 Å². The van der Waals surface area contributed by atoms with E-state index in [-0.39, 0.29) is 34.2 Å². The zero-order valence-corrected chi connectivity index (χ0v) is 23.3. The number of anilines is 1. The van der Waals surface area contributed by atoms with Gasteiger partial charge >= 0.3 is 5.97 Å². The quantitative estimate of drug-likeness (QED) is 0.106. The molecule has 210 valence electrons. The molecule has 15 nitrogen and oxygen atoms in total. The summed E-state index contributed by atoms with van der Waals surface area (Å²) in [4.78, 5) is 49.4. The number of nitrogens with two attached hydrogens (primary N) is 1. The van der Waals surface area contributed by atoms with Gasteiger partial charge in [-0.3, -0.25) is 14.5 Å². The van der Waals surface area contributed by atoms with Crippen molar-refractivity contribution in [3.63, 3.8) is 0 Å². The maximum atomic E-state index is 13.3. The minimum Gasteiger partial charge on any atom is -0.477 e. The number of nitrogens with zero attached hydrogens (tertiary/aromatic N) is 8. The van der Waals surface area contributed by atoms with Crippen LogP contribution in [0.4, 0.5) is 5.13 Å². The van der Waals surface area contributed by atoms with E-state index in [0.29, 0.717) is 23.0 Å². The predicted octanol–water partition coefficient (Wildman–Crippen LogP) is 0.653. The zero-order valence-electron chi connectivity index (χ0n) is 20.9. The van der Waals surface area contributed by atoms with E-state index in [9.17, 15) is 19.5 Å². The molecule has 0 saturated carbocycles. The molecule has 4 N–H and O–H groups in total. The van der Waals surface area contributed by atoms with Crippen LogP contribution in [-0.2, 0) is 25.8 Å². The topological polar surface area (TPSA) is 204 Å². The number of amides is 2. The number of β-lactam (4-membered cyclic amide) rings is 1. The molecule has 0 radical (unpaired) electrons. The van der Waals surface area contributed by atoms with Crippen LogP contribution in [0.3, 0.4) is 0 Å². The minimum atomic E-state index is -1.23. The molecule has 1 fully saturated rings. The Kier molecular flexibility index (Phi) is 8.46. The molecule has 0 spiro atoms. The van der Waals surface area contributed by atoms with Gasteiger partial charge in [0.25, 0.3) is 11.8 Å². The van der Waals surface area contributed by atoms with E-state index < -0.39 is 29.2 Å². The van der Waals surface area contributed by atoms with E-state index in [1.54, 1.807) is 6.08 Å². The predicted molar refractivity (Wildman–Crippen MR) is 147 cm³/mol. The Morgan fingerprint density at radius 1 is 1.43 bits per heavy atom. The van der Waals surface area contributed by atoms with Crippen molar-refractivity contribution in [2.45, 2.75) is 48.5 Å². The van der Waals surface area contributed by atoms with Gasteiger partial charge in [-0.05, 0) is 41.3 Å². The first-order valence-corrected chi connectivity index (χ1v) is 14.9. The van der Waals surface area contributed by atoms with Crippen molar-refractivity contribution in [1.29, 1.82) is 0 Å². The third kappa shape index (κ3) is 5.73. The number of tetrazole rings is 1. The lowest BCUT2D eigenvalue weighted by Gasteiger charge is -2.49. The Morgan fingerprint density at radius 2 is 2.27 bits per heavy atom. The summed E-state index contributed by atoms with van der Waals surface area (Å²) in [5, 5.41) is 28.1. The molecule has 2 aliphatic heterocycles. The van der Waals surface area contributed by atoms with Gasteiger partial charge < -0.3 is 21.0 Å². The van der Waals surface area contributed by atoms with Gasteiger partial charge in [0.15, 0.2) is 5.13 Å². The number of nitrogen functional groups attached to an aromatic ring is 1. The summed E-state index contributed by atoms with van der Waals surface area (Å²) >= 11 is 3.50. The smallest absolute Gasteiger partial charge is 0.352 e. The first-order chi connectivity index (χ1) is 19.4. The van der Waals surface area contributed by atoms with Crippen LogP contribution in [0.15, 0.2) is 46.4 Å². The Morgan fingerprint density at radius 3 is 2.98 bits per heavy atom. The van der Waals surface area contributed by atoms with Crippen LogP contribution in [0, 0.1) is 0 Å². The van der Waals surface area contributed by atoms with Gasteiger partial charge in [-0.25, -0.2) is 9.48 Å². The highest BCUT2D eigenvalue weighted by atomic mass is 32.2. The van der Waals surface area contributed by atoms with E-state index in [4.69, 9.17) is 10.6 Å². The molecule has 2 unspecified atom stereocenters. The lowest BCUT2D eigenvalue weighted by atomic mass is 10.0. The van der Waals surface area contributed by atoms with Crippen molar-refractivity contribution in [2.24, 2.45) is 5.16 Å². The fraction of sp³-hybridized carbons (Fsp3) is 0.409. The molecule has 18 heteroatoms. The highest BCUT2D eigenvalue weighted by Crippen LogP contribution is 2.41. The number of nitrogens with one attached hydrogen (secondary N) is 1. The fourth-order valence-electron chi connectivity index (χ4n) is 4.20. The average Bonchev–Trinajstić information content (AvgIpc) is 3.59. The number of hydrogen-bond acceptors (Lipinski definition) is 14. The van der Waals surface area contributed by atoms with Crippen molar-refractivity contribution in [1.82, 2.24) is 39.8 Å². The second-order valence-electron chi connectivity index (χ2n) is 8.74. The number of fused-ring (bicyclic) bond motifs is 1. The number of carbonyl (C=O) groups excluding carboxylic acids is 2. The summed E-state index contributed by atoms with van der Waals surface area (Å²) < 4.78 is 5.60. The largest absolute Gasteiger partial charge is 0.477 e. The van der Waals surface area contributed by atoms with Gasteiger partial charge in [-0.1, -0.05) is 29.1 Å². The number of allylic oxidation sites excluding steroid dienone is 2. The maximum Gasteiger partial charge on any atom is 0.352 e. The Balaban J connectivity index is 1.30. The molecule has 2 aromatic heterocycles. The normalized spacial score (nSPS) is 22.5. The molecule has 2 amide bonds. The number of rotatable bonds is 11. The summed E-state index contributed by atoms with van der Waals surface area (Å²) in [5.74, 6) is -1.94. The van der Waals surface area contributed by atoms with Gasteiger partial charge in [0, 0.05) is 23.0 Å². The van der Waals surface area contributed by atoms with E-state index in [1.165, 1.54) is 33.1 Å². The van der Waals surface area contributed by atoms with Crippen LogP contribution >= 0.6 is 35.1 Å². The van der Waals surface area contributed by atoms with Crippen LogP contribution in [-0.4, -0.2) is 92.1 Å². The summed E-state index contributed by atoms with van der Waals surface area (Å²) in [5.41, 5.74) is 5.92. The summed E-state index contributed by atoms with van der Waals surface area (Å²) in [6.07, 6.45) is 7.80. The van der Waals surface area contributed by atoms with Gasteiger partial charge in [-0.2, -0.15) is 9.36 Å². The van der Waals surface area contributed by atoms with E-state index >= 15 is 0 Å². The highest BCUT2D eigenvalue weighted by molar-refractivity contribution is 8.01. The number of carboxylic acids is 1. The lowest BCUT2D eigenvalue weighted by molar-refractivity contribution is -0.150. The summed E-state index contributed by atoms with van der Waals surface area (Å²) in [6, 6.07) is -0.975. The van der Waals surface area contributed by atoms with Gasteiger partial charge in [0.1, 0.15) is 23.2 Å². The molecule has 1 aliphatic carbocycles. The van der Waals surface area contributed by atoms with Gasteiger partial charge in [-0.15, -0.1) is 23.4 Å². The van der Waals surface area contributed by atoms with Crippen LogP contribution < -0.4 is 11.1 Å². The Hall–Kier alpha value is -3.77. The van der Waals surface area contributed by atoms with Crippen molar-refractivity contribution in [2.75, 3.05) is 17.2 Å². The number of thioether (sulfide) groups is 2. The minimum absolute atomic E-state index is 0.0241. The van der Waals surface area contributed by atoms with Crippen LogP contribution in [0.25, 0.3) is 0 Å². The average molecular weight is 605 g/mol. The second kappa shape index (κ2) is 12.2. The Bertz CT molecular complexity index is 1420. The third-order valence-electron chi connectivity index (χ3n) is 6.07. The molecule has 3 atom stereocenters. The molecule has 40 heavy (non-hydrogen) atoms. The molecule has 0 aromatic carbocycles. The number of oxime groups is 1. The number of carbonyl (C=O) groups is 3. The summed E-state index contributed by atoms with van der Waals surface area (Å²) in [6.45, 7) is 4.07. The summed E-state index contributed by atoms with van der Waals surface area (Å²) in [7, 11) is 0. The lowest BCUT2D eigenvalue weighted by Crippen LogP contribution is -2.71. The molecule has 1 saturated heterocycles. The monoisotopic (exact) mass is 604 g/mol. The number of hydrogen-bond donors (Lipinski definition) is 3. The first kappa shape index (κ1) is 27.8. The Labute approximate surface area is 240 Å². The van der Waals surface area contributed by atoms with E-state index in [2.05, 4.69) is 41.9 Å². The van der Waals surface area contributed by atoms with Crippen LogP contribution in [0.2, 0.25) is 0 Å². The van der Waals surface area contributed by atoms with Crippen molar-refractivity contribution >= 4 is 63.7 Å². The highest BCUT2D eigenvalue weighted by Gasteiger charge is 2.54. The third-order valence-corrected chi connectivity index (χ3v) is 9.00.